The molecule has 0 saturated heterocycles. The lowest BCUT2D eigenvalue weighted by Gasteiger charge is -2.21. The Labute approximate surface area is 318 Å². The molecule has 0 N–H and O–H groups in total. The molecule has 258 valence electrons. The van der Waals surface area contributed by atoms with Crippen LogP contribution in [0.2, 0.25) is 0 Å². The highest BCUT2D eigenvalue weighted by Crippen LogP contribution is 2.47. The molecule has 0 saturated carbocycles. The summed E-state index contributed by atoms with van der Waals surface area (Å²) in [5.41, 5.74) is 8.55. The molecule has 1 aliphatic carbocycles. The average Bonchev–Trinajstić information content (AvgIpc) is 3.94. The summed E-state index contributed by atoms with van der Waals surface area (Å²) in [5.74, 6) is 1.93. The van der Waals surface area contributed by atoms with Crippen molar-refractivity contribution in [2.45, 2.75) is 12.3 Å². The molecule has 0 aliphatic heterocycles. The van der Waals surface area contributed by atoms with Crippen molar-refractivity contribution in [3.63, 3.8) is 0 Å². The molecular weight excluding hydrogens is 695 g/mol. The van der Waals surface area contributed by atoms with Crippen LogP contribution in [-0.2, 0) is 0 Å². The summed E-state index contributed by atoms with van der Waals surface area (Å²) < 4.78 is 14.3. The normalized spacial score (nSPS) is 14.2. The van der Waals surface area contributed by atoms with Crippen molar-refractivity contribution in [3.05, 3.63) is 168 Å². The van der Waals surface area contributed by atoms with Gasteiger partial charge >= 0.3 is 0 Å². The molecule has 6 heteroatoms. The Kier molecular flexibility index (Phi) is 6.56. The number of rotatable bonds is 4. The molecule has 1 unspecified atom stereocenters. The number of aromatic nitrogens is 3. The maximum Gasteiger partial charge on any atom is 0.164 e. The summed E-state index contributed by atoms with van der Waals surface area (Å²) in [6.07, 6.45) is 5.48. The van der Waals surface area contributed by atoms with Gasteiger partial charge in [0.25, 0.3) is 0 Å². The third kappa shape index (κ3) is 4.75. The molecule has 1 aliphatic rings. The number of hydrogen-bond acceptors (Lipinski definition) is 6. The van der Waals surface area contributed by atoms with Crippen LogP contribution in [0.4, 0.5) is 0 Å². The van der Waals surface area contributed by atoms with E-state index in [0.717, 1.165) is 77.8 Å². The summed E-state index contributed by atoms with van der Waals surface area (Å²) in [4.78, 5) is 17.3. The highest BCUT2D eigenvalue weighted by molar-refractivity contribution is 7.20. The number of allylic oxidation sites excluding steroid dienone is 1. The van der Waals surface area contributed by atoms with E-state index in [1.165, 1.54) is 26.1 Å². The zero-order valence-electron chi connectivity index (χ0n) is 29.4. The lowest BCUT2D eigenvalue weighted by atomic mass is 9.83. The molecule has 4 heterocycles. The van der Waals surface area contributed by atoms with E-state index in [-0.39, 0.29) is 5.92 Å². The molecule has 12 rings (SSSR count). The van der Waals surface area contributed by atoms with Gasteiger partial charge in [-0.1, -0.05) is 109 Å². The van der Waals surface area contributed by atoms with Gasteiger partial charge in [0.05, 0.1) is 0 Å². The second-order valence-corrected chi connectivity index (χ2v) is 15.3. The van der Waals surface area contributed by atoms with Crippen molar-refractivity contribution in [3.8, 4) is 34.2 Å². The Morgan fingerprint density at radius 1 is 0.509 bits per heavy atom. The molecule has 0 fully saturated rings. The average molecular weight is 724 g/mol. The summed E-state index contributed by atoms with van der Waals surface area (Å²) in [6.45, 7) is 0. The van der Waals surface area contributed by atoms with Crippen molar-refractivity contribution in [2.75, 3.05) is 0 Å². The monoisotopic (exact) mass is 723 g/mol. The zero-order chi connectivity index (χ0) is 36.0. The number of thiophene rings is 1. The van der Waals surface area contributed by atoms with Crippen LogP contribution in [-0.4, -0.2) is 15.0 Å². The minimum absolute atomic E-state index is 0.139. The van der Waals surface area contributed by atoms with Crippen LogP contribution in [0.25, 0.3) is 105 Å². The van der Waals surface area contributed by atoms with E-state index >= 15 is 0 Å². The van der Waals surface area contributed by atoms with Gasteiger partial charge in [-0.2, -0.15) is 0 Å². The van der Waals surface area contributed by atoms with Gasteiger partial charge in [0.1, 0.15) is 22.3 Å². The Morgan fingerprint density at radius 3 is 2.00 bits per heavy atom. The minimum atomic E-state index is 0.139. The van der Waals surface area contributed by atoms with Gasteiger partial charge in [-0.3, -0.25) is 0 Å². The van der Waals surface area contributed by atoms with Gasteiger partial charge in [-0.05, 0) is 82.2 Å². The van der Waals surface area contributed by atoms with Gasteiger partial charge in [0, 0.05) is 53.7 Å². The van der Waals surface area contributed by atoms with E-state index in [0.29, 0.717) is 17.5 Å². The fourth-order valence-corrected chi connectivity index (χ4v) is 9.79. The largest absolute Gasteiger partial charge is 0.456 e. The van der Waals surface area contributed by atoms with Crippen LogP contribution in [0.5, 0.6) is 0 Å². The van der Waals surface area contributed by atoms with Crippen molar-refractivity contribution >= 4 is 82.1 Å². The third-order valence-electron chi connectivity index (χ3n) is 11.1. The fourth-order valence-electron chi connectivity index (χ4n) is 8.59. The van der Waals surface area contributed by atoms with Crippen LogP contribution in [0.1, 0.15) is 28.3 Å². The Balaban J connectivity index is 1.16. The van der Waals surface area contributed by atoms with E-state index in [9.17, 15) is 0 Å². The lowest BCUT2D eigenvalue weighted by Crippen LogP contribution is -2.05. The van der Waals surface area contributed by atoms with Crippen LogP contribution in [0.3, 0.4) is 0 Å². The number of fused-ring (bicyclic) bond motifs is 10. The Morgan fingerprint density at radius 2 is 1.16 bits per heavy atom. The molecule has 0 amide bonds. The standard InChI is InChI=1S/C49H29N3O2S/c1-2-12-29-25-30(24-23-28(29)11-1)47-50-48(36-17-9-20-40-44(36)33-13-3-6-18-38(33)53-40)52-49(51-47)37-26-31(27-41-45(37)34-14-4-7-19-39(34)54-41)32-16-10-22-43-46(32)35-15-5-8-21-42(35)55-43/h1-15,17-27,32H,16H2. The van der Waals surface area contributed by atoms with Crippen LogP contribution < -0.4 is 0 Å². The van der Waals surface area contributed by atoms with E-state index < -0.39 is 0 Å². The van der Waals surface area contributed by atoms with E-state index in [2.05, 4.69) is 115 Å². The summed E-state index contributed by atoms with van der Waals surface area (Å²) >= 11 is 1.86. The van der Waals surface area contributed by atoms with Gasteiger partial charge in [-0.15, -0.1) is 11.3 Å². The smallest absolute Gasteiger partial charge is 0.164 e. The number of para-hydroxylation sites is 2. The maximum atomic E-state index is 6.68. The lowest BCUT2D eigenvalue weighted by molar-refractivity contribution is 0.667. The molecule has 7 aromatic carbocycles. The molecule has 0 spiro atoms. The number of hydrogen-bond donors (Lipinski definition) is 0. The second kappa shape index (κ2) is 11.8. The van der Waals surface area contributed by atoms with E-state index in [1.807, 2.05) is 53.8 Å². The Bertz CT molecular complexity index is 3390. The number of furan rings is 2. The van der Waals surface area contributed by atoms with Crippen molar-refractivity contribution in [1.29, 1.82) is 0 Å². The van der Waals surface area contributed by atoms with Gasteiger partial charge in [0.15, 0.2) is 17.5 Å². The second-order valence-electron chi connectivity index (χ2n) is 14.3. The predicted octanol–water partition coefficient (Wildman–Crippen LogP) is 13.6. The van der Waals surface area contributed by atoms with Crippen molar-refractivity contribution < 1.29 is 8.83 Å². The van der Waals surface area contributed by atoms with E-state index in [1.54, 1.807) is 0 Å². The molecule has 0 bridgehead atoms. The first kappa shape index (κ1) is 30.6. The van der Waals surface area contributed by atoms with Gasteiger partial charge in [-0.25, -0.2) is 15.0 Å². The fraction of sp³-hybridized carbons (Fsp3) is 0.0408. The SMILES string of the molecule is C1=Cc2sc3ccccc3c2C(c2cc(-c3nc(-c4ccc5ccccc5c4)nc(-c4cccc5oc6ccccc6c45)n3)c3c(c2)oc2ccccc23)C1. The third-order valence-corrected chi connectivity index (χ3v) is 12.2. The van der Waals surface area contributed by atoms with Gasteiger partial charge in [0.2, 0.25) is 0 Å². The molecular formula is C49H29N3O2S. The molecule has 55 heavy (non-hydrogen) atoms. The molecule has 11 aromatic rings. The van der Waals surface area contributed by atoms with E-state index in [4.69, 9.17) is 23.8 Å². The minimum Gasteiger partial charge on any atom is -0.456 e. The quantitative estimate of drug-likeness (QED) is 0.181. The highest BCUT2D eigenvalue weighted by Gasteiger charge is 2.27. The molecule has 4 aromatic heterocycles. The first-order valence-electron chi connectivity index (χ1n) is 18.5. The van der Waals surface area contributed by atoms with Crippen LogP contribution >= 0.6 is 11.3 Å². The summed E-state index contributed by atoms with van der Waals surface area (Å²) in [7, 11) is 0. The summed E-state index contributed by atoms with van der Waals surface area (Å²) in [5, 5.41) is 7.63. The highest BCUT2D eigenvalue weighted by atomic mass is 32.1. The Hall–Kier alpha value is -6.89. The van der Waals surface area contributed by atoms with Crippen LogP contribution in [0, 0.1) is 0 Å². The topological polar surface area (TPSA) is 65.0 Å². The number of nitrogens with zero attached hydrogens (tertiary/aromatic N) is 3. The predicted molar refractivity (Wildman–Crippen MR) is 226 cm³/mol. The van der Waals surface area contributed by atoms with Crippen molar-refractivity contribution in [2.24, 2.45) is 0 Å². The van der Waals surface area contributed by atoms with Gasteiger partial charge < -0.3 is 8.83 Å². The molecule has 0 radical (unpaired) electrons. The first-order chi connectivity index (χ1) is 27.2. The number of benzene rings is 7. The first-order valence-corrected chi connectivity index (χ1v) is 19.3. The maximum absolute atomic E-state index is 6.68. The van der Waals surface area contributed by atoms with Crippen LogP contribution in [0.15, 0.2) is 161 Å². The molecule has 1 atom stereocenters. The molecule has 5 nitrogen and oxygen atoms in total. The summed E-state index contributed by atoms with van der Waals surface area (Å²) in [6, 6.07) is 50.6. The zero-order valence-corrected chi connectivity index (χ0v) is 30.2. The van der Waals surface area contributed by atoms with Crippen molar-refractivity contribution in [1.82, 2.24) is 15.0 Å².